The molecule has 5 nitrogen and oxygen atoms in total. The molecule has 1 aromatic heterocycles. The third-order valence-corrected chi connectivity index (χ3v) is 4.07. The molecule has 2 aromatic carbocycles. The van der Waals surface area contributed by atoms with Gasteiger partial charge in [0.2, 0.25) is 0 Å². The highest BCUT2D eigenvalue weighted by Crippen LogP contribution is 2.37. The standard InChI is InChI=1S/C16H13Cl2N3O2/c1-22-13-6-4-10-14(15(13)23-2)19-8-20-16(10)21-9-3-5-11(17)12(18)7-9/h3-8H,1-2H3,(H,19,20,21). The van der Waals surface area contributed by atoms with E-state index in [9.17, 15) is 0 Å². The van der Waals surface area contributed by atoms with Crippen LogP contribution in [0.1, 0.15) is 0 Å². The van der Waals surface area contributed by atoms with Crippen molar-refractivity contribution in [1.82, 2.24) is 9.97 Å². The number of rotatable bonds is 4. The molecule has 0 aliphatic heterocycles. The van der Waals surface area contributed by atoms with Gasteiger partial charge in [0, 0.05) is 11.1 Å². The molecule has 0 radical (unpaired) electrons. The minimum absolute atomic E-state index is 0.467. The Morgan fingerprint density at radius 1 is 0.957 bits per heavy atom. The van der Waals surface area contributed by atoms with E-state index in [0.29, 0.717) is 32.9 Å². The van der Waals surface area contributed by atoms with Crippen LogP contribution in [0.15, 0.2) is 36.7 Å². The SMILES string of the molecule is COc1ccc2c(Nc3ccc(Cl)c(Cl)c3)ncnc2c1OC. The largest absolute Gasteiger partial charge is 0.493 e. The summed E-state index contributed by atoms with van der Waals surface area (Å²) in [5.41, 5.74) is 1.43. The Hall–Kier alpha value is -2.24. The number of anilines is 2. The lowest BCUT2D eigenvalue weighted by Gasteiger charge is -2.13. The van der Waals surface area contributed by atoms with Crippen LogP contribution in [0.4, 0.5) is 11.5 Å². The van der Waals surface area contributed by atoms with E-state index in [0.717, 1.165) is 11.1 Å². The molecule has 0 aliphatic carbocycles. The highest BCUT2D eigenvalue weighted by atomic mass is 35.5. The van der Waals surface area contributed by atoms with E-state index in [-0.39, 0.29) is 0 Å². The van der Waals surface area contributed by atoms with Gasteiger partial charge in [-0.25, -0.2) is 9.97 Å². The average Bonchev–Trinajstić information content (AvgIpc) is 2.57. The monoisotopic (exact) mass is 349 g/mol. The fourth-order valence-corrected chi connectivity index (χ4v) is 2.55. The van der Waals surface area contributed by atoms with Gasteiger partial charge in [0.15, 0.2) is 11.5 Å². The van der Waals surface area contributed by atoms with E-state index in [1.807, 2.05) is 18.2 Å². The minimum atomic E-state index is 0.467. The normalized spacial score (nSPS) is 10.6. The van der Waals surface area contributed by atoms with Crippen molar-refractivity contribution in [3.05, 3.63) is 46.7 Å². The smallest absolute Gasteiger partial charge is 0.187 e. The third kappa shape index (κ3) is 2.98. The average molecular weight is 350 g/mol. The van der Waals surface area contributed by atoms with Gasteiger partial charge in [-0.15, -0.1) is 0 Å². The van der Waals surface area contributed by atoms with E-state index in [1.165, 1.54) is 6.33 Å². The number of nitrogens with one attached hydrogen (secondary N) is 1. The van der Waals surface area contributed by atoms with Gasteiger partial charge in [-0.2, -0.15) is 0 Å². The summed E-state index contributed by atoms with van der Waals surface area (Å²) in [5, 5.41) is 4.98. The Morgan fingerprint density at radius 2 is 1.78 bits per heavy atom. The molecule has 0 spiro atoms. The second kappa shape index (κ2) is 6.48. The summed E-state index contributed by atoms with van der Waals surface area (Å²) in [6.07, 6.45) is 1.46. The summed E-state index contributed by atoms with van der Waals surface area (Å²) in [6, 6.07) is 8.96. The predicted molar refractivity (Wildman–Crippen MR) is 92.4 cm³/mol. The maximum atomic E-state index is 6.04. The topological polar surface area (TPSA) is 56.3 Å². The van der Waals surface area contributed by atoms with Gasteiger partial charge < -0.3 is 14.8 Å². The van der Waals surface area contributed by atoms with Crippen LogP contribution in [0, 0.1) is 0 Å². The molecule has 3 rings (SSSR count). The molecule has 0 saturated carbocycles. The van der Waals surface area contributed by atoms with Crippen LogP contribution in [0.5, 0.6) is 11.5 Å². The molecule has 1 N–H and O–H groups in total. The Kier molecular flexibility index (Phi) is 4.41. The Morgan fingerprint density at radius 3 is 2.48 bits per heavy atom. The number of nitrogens with zero attached hydrogens (tertiary/aromatic N) is 2. The maximum absolute atomic E-state index is 6.04. The van der Waals surface area contributed by atoms with Gasteiger partial charge >= 0.3 is 0 Å². The first-order valence-corrected chi connectivity index (χ1v) is 7.47. The van der Waals surface area contributed by atoms with Gasteiger partial charge in [0.25, 0.3) is 0 Å². The van der Waals surface area contributed by atoms with Crippen LogP contribution in [0.25, 0.3) is 10.9 Å². The first kappa shape index (κ1) is 15.6. The molecule has 0 bridgehead atoms. The van der Waals surface area contributed by atoms with Gasteiger partial charge in [-0.05, 0) is 30.3 Å². The van der Waals surface area contributed by atoms with Crippen molar-refractivity contribution in [2.45, 2.75) is 0 Å². The first-order chi connectivity index (χ1) is 11.1. The van der Waals surface area contributed by atoms with Gasteiger partial charge in [-0.3, -0.25) is 0 Å². The molecule has 3 aromatic rings. The van der Waals surface area contributed by atoms with Crippen molar-refractivity contribution in [3.8, 4) is 11.5 Å². The zero-order valence-electron chi connectivity index (χ0n) is 12.4. The lowest BCUT2D eigenvalue weighted by Crippen LogP contribution is -1.98. The molecule has 1 heterocycles. The first-order valence-electron chi connectivity index (χ1n) is 6.72. The van der Waals surface area contributed by atoms with E-state index in [2.05, 4.69) is 15.3 Å². The van der Waals surface area contributed by atoms with Gasteiger partial charge in [0.1, 0.15) is 17.7 Å². The molecular weight excluding hydrogens is 337 g/mol. The molecule has 0 saturated heterocycles. The number of halogens is 2. The van der Waals surface area contributed by atoms with Crippen molar-refractivity contribution in [2.75, 3.05) is 19.5 Å². The summed E-state index contributed by atoms with van der Waals surface area (Å²) in [6.45, 7) is 0. The fraction of sp³-hybridized carbons (Fsp3) is 0.125. The molecule has 23 heavy (non-hydrogen) atoms. The number of fused-ring (bicyclic) bond motifs is 1. The molecule has 0 aliphatic rings. The third-order valence-electron chi connectivity index (χ3n) is 3.33. The van der Waals surface area contributed by atoms with E-state index < -0.39 is 0 Å². The van der Waals surface area contributed by atoms with Crippen molar-refractivity contribution in [1.29, 1.82) is 0 Å². The van der Waals surface area contributed by atoms with Crippen LogP contribution in [-0.2, 0) is 0 Å². The summed E-state index contributed by atoms with van der Waals surface area (Å²) >= 11 is 12.0. The van der Waals surface area contributed by atoms with Crippen LogP contribution in [-0.4, -0.2) is 24.2 Å². The van der Waals surface area contributed by atoms with Crippen molar-refractivity contribution >= 4 is 45.6 Å². The summed E-state index contributed by atoms with van der Waals surface area (Å²) in [7, 11) is 3.16. The van der Waals surface area contributed by atoms with Crippen molar-refractivity contribution in [2.24, 2.45) is 0 Å². The second-order valence-corrected chi connectivity index (χ2v) is 5.49. The molecule has 0 atom stereocenters. The second-order valence-electron chi connectivity index (χ2n) is 4.67. The molecule has 0 fully saturated rings. The number of benzene rings is 2. The summed E-state index contributed by atoms with van der Waals surface area (Å²) in [4.78, 5) is 8.58. The highest BCUT2D eigenvalue weighted by molar-refractivity contribution is 6.42. The lowest BCUT2D eigenvalue weighted by atomic mass is 10.2. The number of aromatic nitrogens is 2. The van der Waals surface area contributed by atoms with Gasteiger partial charge in [-0.1, -0.05) is 23.2 Å². The van der Waals surface area contributed by atoms with Gasteiger partial charge in [0.05, 0.1) is 24.3 Å². The number of hydrogen-bond acceptors (Lipinski definition) is 5. The number of hydrogen-bond donors (Lipinski definition) is 1. The quantitative estimate of drug-likeness (QED) is 0.739. The van der Waals surface area contributed by atoms with E-state index in [1.54, 1.807) is 26.4 Å². The Bertz CT molecular complexity index is 871. The minimum Gasteiger partial charge on any atom is -0.493 e. The molecule has 118 valence electrons. The lowest BCUT2D eigenvalue weighted by molar-refractivity contribution is 0.358. The molecule has 0 amide bonds. The highest BCUT2D eigenvalue weighted by Gasteiger charge is 2.13. The van der Waals surface area contributed by atoms with E-state index >= 15 is 0 Å². The van der Waals surface area contributed by atoms with Crippen molar-refractivity contribution in [3.63, 3.8) is 0 Å². The summed E-state index contributed by atoms with van der Waals surface area (Å²) < 4.78 is 10.7. The van der Waals surface area contributed by atoms with Crippen LogP contribution in [0.2, 0.25) is 10.0 Å². The van der Waals surface area contributed by atoms with Crippen LogP contribution in [0.3, 0.4) is 0 Å². The predicted octanol–water partition coefficient (Wildman–Crippen LogP) is 4.70. The maximum Gasteiger partial charge on any atom is 0.187 e. The van der Waals surface area contributed by atoms with Crippen LogP contribution >= 0.6 is 23.2 Å². The Labute approximate surface area is 143 Å². The summed E-state index contributed by atoms with van der Waals surface area (Å²) in [5.74, 6) is 1.80. The molecule has 7 heteroatoms. The zero-order valence-corrected chi connectivity index (χ0v) is 13.9. The molecule has 0 unspecified atom stereocenters. The van der Waals surface area contributed by atoms with E-state index in [4.69, 9.17) is 32.7 Å². The van der Waals surface area contributed by atoms with Crippen molar-refractivity contribution < 1.29 is 9.47 Å². The Balaban J connectivity index is 2.09. The number of ether oxygens (including phenoxy) is 2. The number of methoxy groups -OCH3 is 2. The zero-order chi connectivity index (χ0) is 16.4. The fourth-order valence-electron chi connectivity index (χ4n) is 2.25. The molecular formula is C16H13Cl2N3O2. The van der Waals surface area contributed by atoms with Crippen LogP contribution < -0.4 is 14.8 Å².